The number of hydrogen-bond donors (Lipinski definition) is 2. The fraction of sp³-hybridized carbons (Fsp3) is 0.250. The maximum absolute atomic E-state index is 14.8. The van der Waals surface area contributed by atoms with Crippen molar-refractivity contribution in [3.63, 3.8) is 0 Å². The van der Waals surface area contributed by atoms with E-state index in [-0.39, 0.29) is 16.2 Å². The van der Waals surface area contributed by atoms with E-state index in [1.54, 1.807) is 5.38 Å². The van der Waals surface area contributed by atoms with Crippen LogP contribution < -0.4 is 10.0 Å². The van der Waals surface area contributed by atoms with Crippen molar-refractivity contribution in [2.24, 2.45) is 0 Å². The van der Waals surface area contributed by atoms with Gasteiger partial charge >= 0.3 is 0 Å². The van der Waals surface area contributed by atoms with Crippen LogP contribution in [0.2, 0.25) is 5.02 Å². The molecule has 0 bridgehead atoms. The van der Waals surface area contributed by atoms with E-state index in [1.807, 2.05) is 30.3 Å². The van der Waals surface area contributed by atoms with Crippen molar-refractivity contribution in [2.45, 2.75) is 17.4 Å². The highest BCUT2D eigenvalue weighted by Gasteiger charge is 2.25. The van der Waals surface area contributed by atoms with Crippen molar-refractivity contribution in [1.29, 1.82) is 0 Å². The van der Waals surface area contributed by atoms with Gasteiger partial charge in [0.2, 0.25) is 0 Å². The number of nitrogens with one attached hydrogen (secondary N) is 2. The molecular weight excluding hydrogens is 447 g/mol. The molecule has 2 heterocycles. The lowest BCUT2D eigenvalue weighted by molar-refractivity contribution is 0.174. The molecule has 0 saturated carbocycles. The Labute approximate surface area is 183 Å². The van der Waals surface area contributed by atoms with Crippen molar-refractivity contribution in [3.05, 3.63) is 70.4 Å². The van der Waals surface area contributed by atoms with Gasteiger partial charge in [0.1, 0.15) is 10.7 Å². The number of halogens is 2. The first-order chi connectivity index (χ1) is 14.4. The first-order valence-corrected chi connectivity index (χ1v) is 12.1. The highest BCUT2D eigenvalue weighted by Crippen LogP contribution is 2.32. The lowest BCUT2D eigenvalue weighted by atomic mass is 10.0. The van der Waals surface area contributed by atoms with Gasteiger partial charge in [-0.2, -0.15) is 0 Å². The predicted octanol–water partition coefficient (Wildman–Crippen LogP) is 4.60. The standard InChI is InChI=1S/C20H20ClFN4O2S2/c21-15-11-19(30(27,28)25-20-23-7-10-29-20)16(22)12-17(15)24-18(13-26-8-4-9-26)14-5-2-1-3-6-14/h1-3,5-7,10-12,18,24H,4,8-9,13H2,(H,23,25). The molecule has 0 aliphatic carbocycles. The molecule has 158 valence electrons. The summed E-state index contributed by atoms with van der Waals surface area (Å²) in [7, 11) is -4.15. The first kappa shape index (κ1) is 21.0. The number of thiazole rings is 1. The lowest BCUT2D eigenvalue weighted by Crippen LogP contribution is -2.41. The van der Waals surface area contributed by atoms with Crippen LogP contribution in [-0.4, -0.2) is 37.9 Å². The second-order valence-electron chi connectivity index (χ2n) is 6.97. The second-order valence-corrected chi connectivity index (χ2v) is 9.92. The SMILES string of the molecule is O=S(=O)(Nc1nccs1)c1cc(Cl)c(NC(CN2CCC2)c2ccccc2)cc1F. The molecule has 0 amide bonds. The number of likely N-dealkylation sites (tertiary alicyclic amines) is 1. The molecule has 1 fully saturated rings. The normalized spacial score (nSPS) is 15.4. The van der Waals surface area contributed by atoms with Crippen LogP contribution in [0.1, 0.15) is 18.0 Å². The van der Waals surface area contributed by atoms with Gasteiger partial charge in [-0.1, -0.05) is 41.9 Å². The molecule has 1 aromatic heterocycles. The average Bonchev–Trinajstić information content (AvgIpc) is 3.18. The first-order valence-electron chi connectivity index (χ1n) is 9.37. The zero-order chi connectivity index (χ0) is 21.1. The molecule has 2 N–H and O–H groups in total. The molecule has 0 radical (unpaired) electrons. The van der Waals surface area contributed by atoms with Gasteiger partial charge in [-0.3, -0.25) is 4.72 Å². The molecule has 30 heavy (non-hydrogen) atoms. The third-order valence-corrected chi connectivity index (χ3v) is 7.37. The molecular formula is C20H20ClFN4O2S2. The number of nitrogens with zero attached hydrogens (tertiary/aromatic N) is 2. The van der Waals surface area contributed by atoms with Crippen molar-refractivity contribution in [1.82, 2.24) is 9.88 Å². The molecule has 1 atom stereocenters. The van der Waals surface area contributed by atoms with Crippen molar-refractivity contribution in [3.8, 4) is 0 Å². The summed E-state index contributed by atoms with van der Waals surface area (Å²) in [4.78, 5) is 5.64. The van der Waals surface area contributed by atoms with E-state index in [2.05, 4.69) is 19.9 Å². The van der Waals surface area contributed by atoms with Crippen LogP contribution in [0, 0.1) is 5.82 Å². The van der Waals surface area contributed by atoms with E-state index in [0.717, 1.165) is 55.1 Å². The fourth-order valence-electron chi connectivity index (χ4n) is 3.22. The minimum Gasteiger partial charge on any atom is -0.376 e. The van der Waals surface area contributed by atoms with E-state index < -0.39 is 20.7 Å². The van der Waals surface area contributed by atoms with Crippen LogP contribution in [0.3, 0.4) is 0 Å². The van der Waals surface area contributed by atoms with Crippen LogP contribution >= 0.6 is 22.9 Å². The van der Waals surface area contributed by atoms with Crippen LogP contribution in [0.15, 0.2) is 58.9 Å². The van der Waals surface area contributed by atoms with E-state index in [0.29, 0.717) is 5.69 Å². The lowest BCUT2D eigenvalue weighted by Gasteiger charge is -2.35. The number of rotatable bonds is 8. The van der Waals surface area contributed by atoms with E-state index in [1.165, 1.54) is 6.20 Å². The summed E-state index contributed by atoms with van der Waals surface area (Å²) in [5, 5.41) is 5.19. The molecule has 3 aromatic rings. The molecule has 2 aromatic carbocycles. The monoisotopic (exact) mass is 466 g/mol. The van der Waals surface area contributed by atoms with Gasteiger partial charge in [-0.15, -0.1) is 11.3 Å². The predicted molar refractivity (Wildman–Crippen MR) is 118 cm³/mol. The Morgan fingerprint density at radius 2 is 2.00 bits per heavy atom. The third kappa shape index (κ3) is 4.75. The summed E-state index contributed by atoms with van der Waals surface area (Å²) in [6, 6.07) is 12.0. The van der Waals surface area contributed by atoms with E-state index in [4.69, 9.17) is 11.6 Å². The van der Waals surface area contributed by atoms with Crippen LogP contribution in [0.25, 0.3) is 0 Å². The van der Waals surface area contributed by atoms with Gasteiger partial charge in [0, 0.05) is 18.1 Å². The summed E-state index contributed by atoms with van der Waals surface area (Å²) < 4.78 is 42.2. The highest BCUT2D eigenvalue weighted by molar-refractivity contribution is 7.93. The average molecular weight is 467 g/mol. The molecule has 0 spiro atoms. The summed E-state index contributed by atoms with van der Waals surface area (Å²) in [5.41, 5.74) is 1.39. The third-order valence-electron chi connectivity index (χ3n) is 4.89. The maximum Gasteiger partial charge on any atom is 0.266 e. The minimum atomic E-state index is -4.15. The summed E-state index contributed by atoms with van der Waals surface area (Å²) in [6.07, 6.45) is 2.62. The van der Waals surface area contributed by atoms with Gasteiger partial charge in [0.05, 0.1) is 16.8 Å². The zero-order valence-corrected chi connectivity index (χ0v) is 18.3. The number of hydrogen-bond acceptors (Lipinski definition) is 6. The molecule has 10 heteroatoms. The van der Waals surface area contributed by atoms with Gasteiger partial charge in [0.25, 0.3) is 10.0 Å². The topological polar surface area (TPSA) is 74.3 Å². The Morgan fingerprint density at radius 3 is 2.63 bits per heavy atom. The van der Waals surface area contributed by atoms with Crippen LogP contribution in [0.5, 0.6) is 0 Å². The number of benzene rings is 2. The van der Waals surface area contributed by atoms with Crippen molar-refractivity contribution >= 4 is 43.8 Å². The Balaban J connectivity index is 1.60. The van der Waals surface area contributed by atoms with E-state index in [9.17, 15) is 12.8 Å². The Kier molecular flexibility index (Phi) is 6.24. The fourth-order valence-corrected chi connectivity index (χ4v) is 5.38. The summed E-state index contributed by atoms with van der Waals surface area (Å²) in [5.74, 6) is -0.887. The van der Waals surface area contributed by atoms with Gasteiger partial charge in [0.15, 0.2) is 5.13 Å². The summed E-state index contributed by atoms with van der Waals surface area (Å²) >= 11 is 7.46. The number of aromatic nitrogens is 1. The second kappa shape index (κ2) is 8.89. The zero-order valence-electron chi connectivity index (χ0n) is 15.9. The van der Waals surface area contributed by atoms with Gasteiger partial charge in [-0.05, 0) is 37.2 Å². The molecule has 1 aliphatic heterocycles. The van der Waals surface area contributed by atoms with Gasteiger partial charge < -0.3 is 10.2 Å². The number of sulfonamides is 1. The largest absolute Gasteiger partial charge is 0.376 e. The Morgan fingerprint density at radius 1 is 1.23 bits per heavy atom. The Bertz CT molecular complexity index is 1110. The van der Waals surface area contributed by atoms with Crippen LogP contribution in [-0.2, 0) is 10.0 Å². The van der Waals surface area contributed by atoms with Crippen molar-refractivity contribution in [2.75, 3.05) is 29.7 Å². The molecule has 6 nitrogen and oxygen atoms in total. The quantitative estimate of drug-likeness (QED) is 0.507. The number of anilines is 2. The molecule has 1 unspecified atom stereocenters. The maximum atomic E-state index is 14.8. The molecule has 4 rings (SSSR count). The molecule has 1 saturated heterocycles. The highest BCUT2D eigenvalue weighted by atomic mass is 35.5. The molecule has 1 aliphatic rings. The smallest absolute Gasteiger partial charge is 0.266 e. The summed E-state index contributed by atoms with van der Waals surface area (Å²) in [6.45, 7) is 2.78. The van der Waals surface area contributed by atoms with E-state index >= 15 is 0 Å². The Hall–Kier alpha value is -2.20. The van der Waals surface area contributed by atoms with Crippen LogP contribution in [0.4, 0.5) is 15.2 Å². The minimum absolute atomic E-state index is 0.112. The van der Waals surface area contributed by atoms with Crippen molar-refractivity contribution < 1.29 is 12.8 Å². The van der Waals surface area contributed by atoms with Gasteiger partial charge in [-0.25, -0.2) is 17.8 Å².